The molecule has 19 heavy (non-hydrogen) atoms. The second-order valence-electron chi connectivity index (χ2n) is 4.28. The number of nitrogens with zero attached hydrogens (tertiary/aromatic N) is 1. The number of carbonyl (C=O) groups is 1. The van der Waals surface area contributed by atoms with Crippen LogP contribution >= 0.6 is 11.3 Å². The fourth-order valence-corrected chi connectivity index (χ4v) is 2.31. The quantitative estimate of drug-likeness (QED) is 0.846. The topological polar surface area (TPSA) is 75.4 Å². The van der Waals surface area contributed by atoms with Gasteiger partial charge in [0.2, 0.25) is 11.8 Å². The van der Waals surface area contributed by atoms with Crippen molar-refractivity contribution >= 4 is 17.2 Å². The lowest BCUT2D eigenvalue weighted by atomic mass is 10.2. The van der Waals surface area contributed by atoms with E-state index in [2.05, 4.69) is 10.3 Å². The number of aliphatic hydroxyl groups excluding tert-OH is 1. The molecule has 0 fully saturated rings. The van der Waals surface area contributed by atoms with Crippen molar-refractivity contribution in [1.82, 2.24) is 10.3 Å². The standard InChI is InChI=1S/C13H16N2O3S/c1-9(4-5-16)14-12(17)7-10-8-18-13(15-10)11-3-2-6-19-11/h2-3,6,8-9,16H,4-5,7H2,1H3,(H,14,17)/t9-/m1/s1. The SMILES string of the molecule is C[C@H](CCO)NC(=O)Cc1coc(-c2cccs2)n1. The van der Waals surface area contributed by atoms with Crippen LogP contribution in [-0.4, -0.2) is 28.6 Å². The predicted molar refractivity (Wildman–Crippen MR) is 72.8 cm³/mol. The Bertz CT molecular complexity index is 522. The molecule has 1 amide bonds. The minimum Gasteiger partial charge on any atom is -0.444 e. The van der Waals surface area contributed by atoms with Crippen molar-refractivity contribution < 1.29 is 14.3 Å². The molecule has 2 aromatic rings. The van der Waals surface area contributed by atoms with Crippen LogP contribution in [0, 0.1) is 0 Å². The normalized spacial score (nSPS) is 12.3. The van der Waals surface area contributed by atoms with Crippen LogP contribution in [0.2, 0.25) is 0 Å². The third-order valence-electron chi connectivity index (χ3n) is 2.59. The Kier molecular flexibility index (Phi) is 4.70. The summed E-state index contributed by atoms with van der Waals surface area (Å²) in [7, 11) is 0. The van der Waals surface area contributed by atoms with Crippen molar-refractivity contribution in [3.8, 4) is 10.8 Å². The van der Waals surface area contributed by atoms with Gasteiger partial charge in [-0.15, -0.1) is 11.3 Å². The van der Waals surface area contributed by atoms with Crippen molar-refractivity contribution in [3.63, 3.8) is 0 Å². The molecule has 2 rings (SSSR count). The predicted octanol–water partition coefficient (Wildman–Crippen LogP) is 1.83. The van der Waals surface area contributed by atoms with Gasteiger partial charge in [-0.25, -0.2) is 4.98 Å². The van der Waals surface area contributed by atoms with Crippen molar-refractivity contribution in [2.45, 2.75) is 25.8 Å². The molecule has 102 valence electrons. The Morgan fingerprint density at radius 2 is 2.47 bits per heavy atom. The highest BCUT2D eigenvalue weighted by atomic mass is 32.1. The molecule has 0 unspecified atom stereocenters. The maximum atomic E-state index is 11.7. The first kappa shape index (κ1) is 13.8. The number of carbonyl (C=O) groups excluding carboxylic acids is 1. The lowest BCUT2D eigenvalue weighted by Gasteiger charge is -2.11. The van der Waals surface area contributed by atoms with Gasteiger partial charge in [-0.2, -0.15) is 0 Å². The van der Waals surface area contributed by atoms with Crippen molar-refractivity contribution in [2.75, 3.05) is 6.61 Å². The van der Waals surface area contributed by atoms with Gasteiger partial charge in [0.25, 0.3) is 0 Å². The largest absolute Gasteiger partial charge is 0.444 e. The molecule has 0 aliphatic carbocycles. The minimum absolute atomic E-state index is 0.0406. The smallest absolute Gasteiger partial charge is 0.236 e. The lowest BCUT2D eigenvalue weighted by Crippen LogP contribution is -2.34. The molecule has 0 spiro atoms. The van der Waals surface area contributed by atoms with E-state index in [0.717, 1.165) is 4.88 Å². The number of nitrogens with one attached hydrogen (secondary N) is 1. The summed E-state index contributed by atoms with van der Waals surface area (Å²) in [6, 6.07) is 3.80. The Labute approximate surface area is 115 Å². The van der Waals surface area contributed by atoms with Gasteiger partial charge in [0, 0.05) is 12.6 Å². The second-order valence-corrected chi connectivity index (χ2v) is 5.23. The van der Waals surface area contributed by atoms with Crippen LogP contribution in [-0.2, 0) is 11.2 Å². The first-order valence-corrected chi connectivity index (χ1v) is 6.95. The van der Waals surface area contributed by atoms with Crippen LogP contribution in [0.3, 0.4) is 0 Å². The third kappa shape index (κ3) is 3.90. The highest BCUT2D eigenvalue weighted by Crippen LogP contribution is 2.23. The van der Waals surface area contributed by atoms with Crippen LogP contribution in [0.15, 0.2) is 28.2 Å². The molecular weight excluding hydrogens is 264 g/mol. The van der Waals surface area contributed by atoms with Gasteiger partial charge in [-0.3, -0.25) is 4.79 Å². The molecule has 0 aliphatic heterocycles. The molecule has 1 atom stereocenters. The Morgan fingerprint density at radius 1 is 1.63 bits per heavy atom. The van der Waals surface area contributed by atoms with Gasteiger partial charge in [0.1, 0.15) is 6.26 Å². The molecule has 2 N–H and O–H groups in total. The van der Waals surface area contributed by atoms with Gasteiger partial charge in [0.15, 0.2) is 0 Å². The van der Waals surface area contributed by atoms with Crippen molar-refractivity contribution in [2.24, 2.45) is 0 Å². The summed E-state index contributed by atoms with van der Waals surface area (Å²) >= 11 is 1.54. The monoisotopic (exact) mass is 280 g/mol. The number of hydrogen-bond donors (Lipinski definition) is 2. The molecule has 0 bridgehead atoms. The summed E-state index contributed by atoms with van der Waals surface area (Å²) in [5.74, 6) is 0.424. The molecule has 2 heterocycles. The zero-order valence-corrected chi connectivity index (χ0v) is 11.4. The molecule has 0 saturated carbocycles. The Morgan fingerprint density at radius 3 is 3.16 bits per heavy atom. The van der Waals surface area contributed by atoms with E-state index in [9.17, 15) is 4.79 Å². The molecular formula is C13H16N2O3S. The van der Waals surface area contributed by atoms with E-state index in [4.69, 9.17) is 9.52 Å². The van der Waals surface area contributed by atoms with Crippen LogP contribution in [0.25, 0.3) is 10.8 Å². The summed E-state index contributed by atoms with van der Waals surface area (Å²) in [6.07, 6.45) is 2.24. The van der Waals surface area contributed by atoms with Crippen molar-refractivity contribution in [3.05, 3.63) is 29.5 Å². The first-order valence-electron chi connectivity index (χ1n) is 6.07. The van der Waals surface area contributed by atoms with E-state index in [-0.39, 0.29) is 25.0 Å². The van der Waals surface area contributed by atoms with E-state index in [1.165, 1.54) is 6.26 Å². The van der Waals surface area contributed by atoms with E-state index in [1.807, 2.05) is 24.4 Å². The average Bonchev–Trinajstić information content (AvgIpc) is 2.98. The minimum atomic E-state index is -0.119. The number of amides is 1. The number of oxazole rings is 1. The number of aromatic nitrogens is 1. The number of aliphatic hydroxyl groups is 1. The number of hydrogen-bond acceptors (Lipinski definition) is 5. The van der Waals surface area contributed by atoms with Crippen LogP contribution in [0.1, 0.15) is 19.0 Å². The molecule has 5 nitrogen and oxygen atoms in total. The summed E-state index contributed by atoms with van der Waals surface area (Å²) in [5, 5.41) is 13.5. The fraction of sp³-hybridized carbons (Fsp3) is 0.385. The van der Waals surface area contributed by atoms with Gasteiger partial charge in [-0.05, 0) is 24.8 Å². The highest BCUT2D eigenvalue weighted by Gasteiger charge is 2.12. The molecule has 0 aromatic carbocycles. The van der Waals surface area contributed by atoms with Crippen LogP contribution in [0.4, 0.5) is 0 Å². The van der Waals surface area contributed by atoms with Crippen LogP contribution < -0.4 is 5.32 Å². The van der Waals surface area contributed by atoms with E-state index in [0.29, 0.717) is 18.0 Å². The fourth-order valence-electron chi connectivity index (χ4n) is 1.66. The average molecular weight is 280 g/mol. The zero-order chi connectivity index (χ0) is 13.7. The number of rotatable bonds is 6. The molecule has 0 aliphatic rings. The van der Waals surface area contributed by atoms with Gasteiger partial charge in [-0.1, -0.05) is 6.07 Å². The highest BCUT2D eigenvalue weighted by molar-refractivity contribution is 7.13. The Balaban J connectivity index is 1.91. The third-order valence-corrected chi connectivity index (χ3v) is 3.45. The maximum absolute atomic E-state index is 11.7. The second kappa shape index (κ2) is 6.49. The van der Waals surface area contributed by atoms with E-state index in [1.54, 1.807) is 11.3 Å². The lowest BCUT2D eigenvalue weighted by molar-refractivity contribution is -0.121. The summed E-state index contributed by atoms with van der Waals surface area (Å²) < 4.78 is 5.34. The summed E-state index contributed by atoms with van der Waals surface area (Å²) in [5.41, 5.74) is 0.608. The van der Waals surface area contributed by atoms with Crippen molar-refractivity contribution in [1.29, 1.82) is 0 Å². The molecule has 2 aromatic heterocycles. The Hall–Kier alpha value is -1.66. The van der Waals surface area contributed by atoms with E-state index >= 15 is 0 Å². The number of thiophene rings is 1. The van der Waals surface area contributed by atoms with Gasteiger partial charge >= 0.3 is 0 Å². The summed E-state index contributed by atoms with van der Waals surface area (Å²) in [6.45, 7) is 1.92. The first-order chi connectivity index (χ1) is 9.19. The van der Waals surface area contributed by atoms with Gasteiger partial charge < -0.3 is 14.8 Å². The van der Waals surface area contributed by atoms with Crippen LogP contribution in [0.5, 0.6) is 0 Å². The zero-order valence-electron chi connectivity index (χ0n) is 10.6. The summed E-state index contributed by atoms with van der Waals surface area (Å²) in [4.78, 5) is 16.9. The van der Waals surface area contributed by atoms with Gasteiger partial charge in [0.05, 0.1) is 17.0 Å². The molecule has 0 radical (unpaired) electrons. The molecule has 0 saturated heterocycles. The maximum Gasteiger partial charge on any atom is 0.236 e. The van der Waals surface area contributed by atoms with E-state index < -0.39 is 0 Å². The molecule has 6 heteroatoms.